The van der Waals surface area contributed by atoms with Gasteiger partial charge >= 0.3 is 5.97 Å². The first-order valence-electron chi connectivity index (χ1n) is 4.78. The summed E-state index contributed by atoms with van der Waals surface area (Å²) in [7, 11) is 0. The number of hydrogen-bond donors (Lipinski definition) is 1. The van der Waals surface area contributed by atoms with Crippen LogP contribution in [0.5, 0.6) is 0 Å². The van der Waals surface area contributed by atoms with E-state index in [1.807, 2.05) is 25.1 Å². The van der Waals surface area contributed by atoms with E-state index in [0.717, 1.165) is 20.6 Å². The third-order valence-corrected chi connectivity index (χ3v) is 4.03. The quantitative estimate of drug-likeness (QED) is 0.913. The van der Waals surface area contributed by atoms with E-state index in [2.05, 4.69) is 20.9 Å². The molecule has 3 nitrogen and oxygen atoms in total. The number of aliphatic imine (C=N–C) groups is 1. The fourth-order valence-electron chi connectivity index (χ4n) is 1.44. The maximum absolute atomic E-state index is 10.8. The van der Waals surface area contributed by atoms with Gasteiger partial charge in [0.05, 0.1) is 5.04 Å². The maximum atomic E-state index is 10.8. The lowest BCUT2D eigenvalue weighted by Gasteiger charge is -2.03. The maximum Gasteiger partial charge on any atom is 0.329 e. The highest BCUT2D eigenvalue weighted by molar-refractivity contribution is 9.10. The third-order valence-electron chi connectivity index (χ3n) is 2.29. The van der Waals surface area contributed by atoms with Crippen molar-refractivity contribution in [3.8, 4) is 0 Å². The molecule has 2 rings (SSSR count). The van der Waals surface area contributed by atoms with Crippen LogP contribution in [-0.2, 0) is 4.79 Å². The molecule has 1 atom stereocenters. The molecule has 0 aromatic heterocycles. The fourth-order valence-corrected chi connectivity index (χ4v) is 3.32. The number of aryl methyl sites for hydroxylation is 1. The van der Waals surface area contributed by atoms with Gasteiger partial charge in [0.2, 0.25) is 0 Å². The average Bonchev–Trinajstić information content (AvgIpc) is 2.66. The second-order valence-electron chi connectivity index (χ2n) is 3.58. The molecule has 0 aliphatic carbocycles. The minimum absolute atomic E-state index is 0.519. The van der Waals surface area contributed by atoms with Gasteiger partial charge in [-0.1, -0.05) is 28.1 Å². The number of carboxylic acid groups (broad SMARTS) is 1. The molecule has 1 unspecified atom stereocenters. The highest BCUT2D eigenvalue weighted by Gasteiger charge is 2.25. The van der Waals surface area contributed by atoms with Crippen molar-refractivity contribution in [3.05, 3.63) is 33.8 Å². The molecule has 1 aromatic carbocycles. The molecule has 0 radical (unpaired) electrons. The van der Waals surface area contributed by atoms with E-state index in [9.17, 15) is 4.79 Å². The fraction of sp³-hybridized carbons (Fsp3) is 0.273. The zero-order chi connectivity index (χ0) is 11.7. The monoisotopic (exact) mass is 299 g/mol. The number of hydrogen-bond acceptors (Lipinski definition) is 3. The van der Waals surface area contributed by atoms with Crippen LogP contribution in [0.3, 0.4) is 0 Å². The van der Waals surface area contributed by atoms with Gasteiger partial charge in [0.1, 0.15) is 0 Å². The predicted octanol–water partition coefficient (Wildman–Crippen LogP) is 2.70. The summed E-state index contributed by atoms with van der Waals surface area (Å²) in [6.45, 7) is 2.01. The van der Waals surface area contributed by atoms with Gasteiger partial charge < -0.3 is 5.11 Å². The van der Waals surface area contributed by atoms with Gasteiger partial charge in [-0.05, 0) is 18.6 Å². The smallest absolute Gasteiger partial charge is 0.329 e. The van der Waals surface area contributed by atoms with Crippen LogP contribution in [0.15, 0.2) is 27.7 Å². The second-order valence-corrected chi connectivity index (χ2v) is 5.45. The number of nitrogens with zero attached hydrogens (tertiary/aromatic N) is 1. The van der Waals surface area contributed by atoms with Crippen LogP contribution >= 0.6 is 27.7 Å². The Hall–Kier alpha value is -0.810. The molecule has 0 fully saturated rings. The molecule has 84 valence electrons. The number of carbonyl (C=O) groups is 1. The Kier molecular flexibility index (Phi) is 3.35. The molecule has 1 heterocycles. The molecule has 1 aromatic rings. The van der Waals surface area contributed by atoms with Crippen LogP contribution in [0.25, 0.3) is 0 Å². The van der Waals surface area contributed by atoms with Crippen molar-refractivity contribution in [1.82, 2.24) is 0 Å². The first kappa shape index (κ1) is 11.7. The number of rotatable bonds is 2. The molecule has 0 amide bonds. The minimum Gasteiger partial charge on any atom is -0.480 e. The number of halogens is 1. The predicted molar refractivity (Wildman–Crippen MR) is 69.3 cm³/mol. The minimum atomic E-state index is -0.856. The van der Waals surface area contributed by atoms with Crippen molar-refractivity contribution >= 4 is 38.7 Å². The Morgan fingerprint density at radius 3 is 2.94 bits per heavy atom. The summed E-state index contributed by atoms with van der Waals surface area (Å²) in [6.07, 6.45) is 0. The van der Waals surface area contributed by atoms with Gasteiger partial charge in [-0.15, -0.1) is 11.8 Å². The second kappa shape index (κ2) is 4.59. The van der Waals surface area contributed by atoms with Crippen LogP contribution in [0.4, 0.5) is 0 Å². The van der Waals surface area contributed by atoms with E-state index in [-0.39, 0.29) is 0 Å². The number of thioether (sulfide) groups is 1. The Bertz CT molecular complexity index is 473. The highest BCUT2D eigenvalue weighted by atomic mass is 79.9. The van der Waals surface area contributed by atoms with Crippen molar-refractivity contribution in [2.45, 2.75) is 13.0 Å². The summed E-state index contributed by atoms with van der Waals surface area (Å²) < 4.78 is 0.963. The summed E-state index contributed by atoms with van der Waals surface area (Å²) in [5.41, 5.74) is 2.13. The van der Waals surface area contributed by atoms with Crippen molar-refractivity contribution in [2.75, 3.05) is 5.75 Å². The van der Waals surface area contributed by atoms with Gasteiger partial charge in [-0.2, -0.15) is 0 Å². The van der Waals surface area contributed by atoms with Crippen LogP contribution in [-0.4, -0.2) is 27.9 Å². The summed E-state index contributed by atoms with van der Waals surface area (Å²) in [5.74, 6) is -0.337. The normalized spacial score (nSPS) is 19.6. The van der Waals surface area contributed by atoms with Crippen LogP contribution in [0, 0.1) is 6.92 Å². The molecule has 1 aliphatic heterocycles. The molecule has 1 N–H and O–H groups in total. The van der Waals surface area contributed by atoms with E-state index >= 15 is 0 Å². The molecular weight excluding hydrogens is 290 g/mol. The van der Waals surface area contributed by atoms with Crippen LogP contribution in [0.2, 0.25) is 0 Å². The Balaban J connectivity index is 2.32. The van der Waals surface area contributed by atoms with Crippen LogP contribution < -0.4 is 0 Å². The lowest BCUT2D eigenvalue weighted by Crippen LogP contribution is -2.17. The van der Waals surface area contributed by atoms with Gasteiger partial charge in [0.25, 0.3) is 0 Å². The van der Waals surface area contributed by atoms with Crippen molar-refractivity contribution in [1.29, 1.82) is 0 Å². The average molecular weight is 300 g/mol. The van der Waals surface area contributed by atoms with Gasteiger partial charge in [-0.25, -0.2) is 4.79 Å². The standard InChI is InChI=1S/C11H10BrNO2S/c1-6-2-3-7(8(12)4-6)10-13-9(5-16-10)11(14)15/h2-4,9H,5H2,1H3,(H,14,15). The SMILES string of the molecule is Cc1ccc(C2=NC(C(=O)O)CS2)c(Br)c1. The molecular formula is C11H10BrNO2S. The third kappa shape index (κ3) is 2.30. The van der Waals surface area contributed by atoms with E-state index in [0.29, 0.717) is 5.75 Å². The van der Waals surface area contributed by atoms with Gasteiger partial charge in [0, 0.05) is 15.8 Å². The van der Waals surface area contributed by atoms with E-state index < -0.39 is 12.0 Å². The van der Waals surface area contributed by atoms with Gasteiger partial charge in [-0.3, -0.25) is 4.99 Å². The number of carboxylic acids is 1. The summed E-state index contributed by atoms with van der Waals surface area (Å²) in [6, 6.07) is 5.37. The summed E-state index contributed by atoms with van der Waals surface area (Å²) in [5, 5.41) is 9.66. The van der Waals surface area contributed by atoms with E-state index in [1.165, 1.54) is 11.8 Å². The molecule has 16 heavy (non-hydrogen) atoms. The Morgan fingerprint density at radius 2 is 2.38 bits per heavy atom. The molecule has 5 heteroatoms. The molecule has 0 spiro atoms. The number of benzene rings is 1. The lowest BCUT2D eigenvalue weighted by molar-refractivity contribution is -0.137. The van der Waals surface area contributed by atoms with Crippen molar-refractivity contribution < 1.29 is 9.90 Å². The molecule has 0 saturated carbocycles. The van der Waals surface area contributed by atoms with Gasteiger partial charge in [0.15, 0.2) is 6.04 Å². The first-order chi connectivity index (χ1) is 7.58. The van der Waals surface area contributed by atoms with Crippen molar-refractivity contribution in [3.63, 3.8) is 0 Å². The molecule has 0 saturated heterocycles. The zero-order valence-corrected chi connectivity index (χ0v) is 11.0. The van der Waals surface area contributed by atoms with Crippen LogP contribution in [0.1, 0.15) is 11.1 Å². The lowest BCUT2D eigenvalue weighted by atomic mass is 10.2. The van der Waals surface area contributed by atoms with E-state index in [4.69, 9.17) is 5.11 Å². The van der Waals surface area contributed by atoms with Crippen molar-refractivity contribution in [2.24, 2.45) is 4.99 Å². The Morgan fingerprint density at radius 1 is 1.62 bits per heavy atom. The first-order valence-corrected chi connectivity index (χ1v) is 6.55. The zero-order valence-electron chi connectivity index (χ0n) is 8.61. The largest absolute Gasteiger partial charge is 0.480 e. The highest BCUT2D eigenvalue weighted by Crippen LogP contribution is 2.28. The van der Waals surface area contributed by atoms with E-state index in [1.54, 1.807) is 0 Å². The Labute approximate surface area is 106 Å². The molecule has 0 bridgehead atoms. The summed E-state index contributed by atoms with van der Waals surface area (Å²) in [4.78, 5) is 15.0. The topological polar surface area (TPSA) is 49.7 Å². The summed E-state index contributed by atoms with van der Waals surface area (Å²) >= 11 is 4.96. The molecule has 1 aliphatic rings. The number of aliphatic carboxylic acids is 1.